The molecular formula is C17H16N6O. The number of rotatable bonds is 5. The van der Waals surface area contributed by atoms with E-state index in [1.165, 1.54) is 6.33 Å². The molecule has 7 heteroatoms. The van der Waals surface area contributed by atoms with Crippen LogP contribution < -0.4 is 5.32 Å². The molecule has 0 unspecified atom stereocenters. The summed E-state index contributed by atoms with van der Waals surface area (Å²) < 4.78 is 6.86. The fourth-order valence-electron chi connectivity index (χ4n) is 2.36. The van der Waals surface area contributed by atoms with Crippen LogP contribution in [0.3, 0.4) is 0 Å². The molecule has 3 rings (SSSR count). The van der Waals surface area contributed by atoms with E-state index in [0.717, 1.165) is 11.3 Å². The molecule has 7 nitrogen and oxygen atoms in total. The predicted octanol–water partition coefficient (Wildman–Crippen LogP) is 2.72. The zero-order valence-electron chi connectivity index (χ0n) is 13.4. The van der Waals surface area contributed by atoms with Crippen molar-refractivity contribution in [3.63, 3.8) is 0 Å². The van der Waals surface area contributed by atoms with Gasteiger partial charge in [0.15, 0.2) is 5.65 Å². The number of ether oxygens (including phenoxy) is 1. The Kier molecular flexibility index (Phi) is 4.50. The fourth-order valence-corrected chi connectivity index (χ4v) is 2.36. The minimum absolute atomic E-state index is 0.333. The van der Waals surface area contributed by atoms with Crippen molar-refractivity contribution < 1.29 is 4.74 Å². The molecule has 1 aromatic carbocycles. The van der Waals surface area contributed by atoms with Crippen LogP contribution in [0.5, 0.6) is 0 Å². The van der Waals surface area contributed by atoms with Gasteiger partial charge < -0.3 is 10.1 Å². The fraction of sp³-hybridized carbons (Fsp3) is 0.176. The number of imidazole rings is 1. The maximum Gasteiger partial charge on any atom is 0.165 e. The molecule has 24 heavy (non-hydrogen) atoms. The molecule has 3 aromatic rings. The first kappa shape index (κ1) is 15.6. The zero-order valence-corrected chi connectivity index (χ0v) is 13.4. The lowest BCUT2D eigenvalue weighted by molar-refractivity contribution is 0.134. The molecule has 2 heterocycles. The third-order valence-electron chi connectivity index (χ3n) is 3.45. The topological polar surface area (TPSA) is 88.7 Å². The molecule has 0 radical (unpaired) electrons. The van der Waals surface area contributed by atoms with E-state index in [1.54, 1.807) is 24.2 Å². The van der Waals surface area contributed by atoms with Gasteiger partial charge in [0.25, 0.3) is 0 Å². The predicted molar refractivity (Wildman–Crippen MR) is 90.7 cm³/mol. The number of aromatic nitrogens is 4. The molecule has 120 valence electrons. The van der Waals surface area contributed by atoms with Gasteiger partial charge in [-0.2, -0.15) is 5.26 Å². The quantitative estimate of drug-likeness (QED) is 0.727. The Bertz CT molecular complexity index is 938. The summed E-state index contributed by atoms with van der Waals surface area (Å²) in [6.45, 7) is 2.34. The first-order valence-electron chi connectivity index (χ1n) is 7.31. The Labute approximate surface area is 139 Å². The van der Waals surface area contributed by atoms with E-state index in [4.69, 9.17) is 4.74 Å². The highest BCUT2D eigenvalue weighted by Gasteiger charge is 2.13. The molecule has 0 atom stereocenters. The molecule has 0 saturated carbocycles. The van der Waals surface area contributed by atoms with Crippen LogP contribution in [0.2, 0.25) is 0 Å². The van der Waals surface area contributed by atoms with Crippen LogP contribution in [0, 0.1) is 18.3 Å². The molecule has 0 aliphatic carbocycles. The van der Waals surface area contributed by atoms with Gasteiger partial charge in [0, 0.05) is 19.0 Å². The first-order chi connectivity index (χ1) is 11.7. The van der Waals surface area contributed by atoms with Gasteiger partial charge in [0.1, 0.15) is 30.3 Å². The summed E-state index contributed by atoms with van der Waals surface area (Å²) in [6, 6.07) is 10.1. The van der Waals surface area contributed by atoms with E-state index in [2.05, 4.69) is 26.3 Å². The number of fused-ring (bicyclic) bond motifs is 1. The highest BCUT2D eigenvalue weighted by molar-refractivity contribution is 5.90. The summed E-state index contributed by atoms with van der Waals surface area (Å²) in [5.74, 6) is 0. The smallest absolute Gasteiger partial charge is 0.165 e. The van der Waals surface area contributed by atoms with E-state index in [-0.39, 0.29) is 0 Å². The Balaban J connectivity index is 1.98. The maximum atomic E-state index is 9.50. The van der Waals surface area contributed by atoms with Gasteiger partial charge in [-0.3, -0.25) is 4.57 Å². The lowest BCUT2D eigenvalue weighted by Crippen LogP contribution is -2.00. The molecule has 0 aliphatic heterocycles. The third-order valence-corrected chi connectivity index (χ3v) is 3.45. The average molecular weight is 320 g/mol. The molecule has 0 bridgehead atoms. The maximum absolute atomic E-state index is 9.50. The summed E-state index contributed by atoms with van der Waals surface area (Å²) in [6.07, 6.45) is 4.67. The summed E-state index contributed by atoms with van der Waals surface area (Å²) >= 11 is 0. The van der Waals surface area contributed by atoms with Crippen molar-refractivity contribution in [3.8, 4) is 6.07 Å². The van der Waals surface area contributed by atoms with Crippen LogP contribution in [0.15, 0.2) is 43.1 Å². The molecule has 2 aromatic heterocycles. The monoisotopic (exact) mass is 320 g/mol. The Morgan fingerprint density at radius 1 is 1.38 bits per heavy atom. The number of hydrogen-bond acceptors (Lipinski definition) is 6. The largest absolute Gasteiger partial charge is 0.364 e. The molecular weight excluding hydrogens is 304 g/mol. The Hall–Kier alpha value is -3.24. The molecule has 0 amide bonds. The lowest BCUT2D eigenvalue weighted by atomic mass is 10.2. The van der Waals surface area contributed by atoms with E-state index >= 15 is 0 Å². The van der Waals surface area contributed by atoms with Crippen molar-refractivity contribution in [2.45, 2.75) is 13.7 Å². The summed E-state index contributed by atoms with van der Waals surface area (Å²) in [5, 5.41) is 12.6. The molecule has 0 saturated heterocycles. The van der Waals surface area contributed by atoms with Crippen molar-refractivity contribution in [2.75, 3.05) is 12.4 Å². The van der Waals surface area contributed by atoms with Crippen molar-refractivity contribution in [3.05, 3.63) is 54.4 Å². The zero-order chi connectivity index (χ0) is 16.9. The second-order valence-electron chi connectivity index (χ2n) is 5.21. The van der Waals surface area contributed by atoms with Gasteiger partial charge >= 0.3 is 0 Å². The van der Waals surface area contributed by atoms with Crippen molar-refractivity contribution in [2.24, 2.45) is 0 Å². The first-order valence-corrected chi connectivity index (χ1v) is 7.31. The van der Waals surface area contributed by atoms with Crippen molar-refractivity contribution in [1.82, 2.24) is 19.5 Å². The summed E-state index contributed by atoms with van der Waals surface area (Å²) in [7, 11) is 1.60. The van der Waals surface area contributed by atoms with E-state index in [9.17, 15) is 5.26 Å². The standard InChI is InChI=1S/C17H16N6O/c1-12-4-3-5-14(6-12)19-8-13(7-18)15-16-17(21-9-20-15)23(10-22-16)11-24-2/h3-6,8-10,19H,11H2,1-2H3/b13-8+. The molecule has 0 aliphatic rings. The number of allylic oxidation sites excluding steroid dienone is 1. The van der Waals surface area contributed by atoms with Gasteiger partial charge in [-0.05, 0) is 24.6 Å². The summed E-state index contributed by atoms with van der Waals surface area (Å²) in [5.41, 5.74) is 4.09. The number of anilines is 1. The highest BCUT2D eigenvalue weighted by Crippen LogP contribution is 2.20. The van der Waals surface area contributed by atoms with Gasteiger partial charge in [0.05, 0.1) is 11.9 Å². The number of methoxy groups -OCH3 is 1. The SMILES string of the molecule is COCn1cnc2c(/C(C#N)=C/Nc3cccc(C)c3)ncnc21. The minimum atomic E-state index is 0.333. The van der Waals surface area contributed by atoms with Crippen LogP contribution in [-0.2, 0) is 11.5 Å². The van der Waals surface area contributed by atoms with Gasteiger partial charge in [-0.1, -0.05) is 12.1 Å². The van der Waals surface area contributed by atoms with Crippen LogP contribution in [0.4, 0.5) is 5.69 Å². The highest BCUT2D eigenvalue weighted by atomic mass is 16.5. The number of nitrogens with zero attached hydrogens (tertiary/aromatic N) is 5. The Morgan fingerprint density at radius 2 is 2.25 bits per heavy atom. The van der Waals surface area contributed by atoms with Crippen LogP contribution in [-0.4, -0.2) is 26.6 Å². The Morgan fingerprint density at radius 3 is 3.00 bits per heavy atom. The number of nitrogens with one attached hydrogen (secondary N) is 1. The number of nitriles is 1. The molecule has 0 fully saturated rings. The number of benzene rings is 1. The van der Waals surface area contributed by atoms with E-state index in [0.29, 0.717) is 29.2 Å². The third kappa shape index (κ3) is 3.09. The number of hydrogen-bond donors (Lipinski definition) is 1. The van der Waals surface area contributed by atoms with Gasteiger partial charge in [-0.25, -0.2) is 15.0 Å². The van der Waals surface area contributed by atoms with E-state index < -0.39 is 0 Å². The average Bonchev–Trinajstić information content (AvgIpc) is 3.00. The van der Waals surface area contributed by atoms with Crippen LogP contribution >= 0.6 is 0 Å². The summed E-state index contributed by atoms with van der Waals surface area (Å²) in [4.78, 5) is 12.8. The van der Waals surface area contributed by atoms with Gasteiger partial charge in [-0.15, -0.1) is 0 Å². The minimum Gasteiger partial charge on any atom is -0.364 e. The number of aryl methyl sites for hydroxylation is 1. The van der Waals surface area contributed by atoms with Crippen LogP contribution in [0.1, 0.15) is 11.3 Å². The van der Waals surface area contributed by atoms with Crippen molar-refractivity contribution in [1.29, 1.82) is 5.26 Å². The van der Waals surface area contributed by atoms with Gasteiger partial charge in [0.2, 0.25) is 0 Å². The van der Waals surface area contributed by atoms with E-state index in [1.807, 2.05) is 31.2 Å². The second kappa shape index (κ2) is 6.89. The normalized spacial score (nSPS) is 11.5. The second-order valence-corrected chi connectivity index (χ2v) is 5.21. The van der Waals surface area contributed by atoms with Crippen molar-refractivity contribution >= 4 is 22.4 Å². The molecule has 1 N–H and O–H groups in total. The van der Waals surface area contributed by atoms with Crippen LogP contribution in [0.25, 0.3) is 16.7 Å². The molecule has 0 spiro atoms. The lowest BCUT2D eigenvalue weighted by Gasteiger charge is -2.04.